The molecular weight excluding hydrogens is 436 g/mol. The Kier molecular flexibility index (Phi) is 4.83. The minimum absolute atomic E-state index is 0.00892. The summed E-state index contributed by atoms with van der Waals surface area (Å²) in [7, 11) is -3.06. The molecule has 1 amide bonds. The van der Waals surface area contributed by atoms with E-state index in [0.29, 0.717) is 23.5 Å². The first-order chi connectivity index (χ1) is 15.9. The van der Waals surface area contributed by atoms with Gasteiger partial charge in [-0.25, -0.2) is 18.1 Å². The van der Waals surface area contributed by atoms with Crippen LogP contribution in [0.2, 0.25) is 0 Å². The summed E-state index contributed by atoms with van der Waals surface area (Å²) in [4.78, 5) is 18.5. The fourth-order valence-corrected chi connectivity index (χ4v) is 7.15. The molecule has 3 heterocycles. The summed E-state index contributed by atoms with van der Waals surface area (Å²) in [6.45, 7) is 1.88. The van der Waals surface area contributed by atoms with E-state index in [1.807, 2.05) is 19.1 Å². The van der Waals surface area contributed by atoms with Gasteiger partial charge in [-0.1, -0.05) is 24.3 Å². The van der Waals surface area contributed by atoms with Crippen molar-refractivity contribution < 1.29 is 13.2 Å². The second-order valence-electron chi connectivity index (χ2n) is 9.77. The van der Waals surface area contributed by atoms with Gasteiger partial charge in [-0.05, 0) is 62.6 Å². The number of aryl methyl sites for hydroxylation is 2. The van der Waals surface area contributed by atoms with Gasteiger partial charge in [-0.15, -0.1) is 0 Å². The molecule has 1 N–H and O–H groups in total. The molecule has 2 fully saturated rings. The zero-order valence-corrected chi connectivity index (χ0v) is 19.6. The largest absolute Gasteiger partial charge is 0.345 e. The Morgan fingerprint density at radius 2 is 1.97 bits per heavy atom. The van der Waals surface area contributed by atoms with Gasteiger partial charge in [0.15, 0.2) is 15.5 Å². The quantitative estimate of drug-likeness (QED) is 0.634. The van der Waals surface area contributed by atoms with Gasteiger partial charge in [0.1, 0.15) is 0 Å². The molecule has 33 heavy (non-hydrogen) atoms. The molecule has 2 unspecified atom stereocenters. The van der Waals surface area contributed by atoms with Crippen molar-refractivity contribution in [2.75, 3.05) is 11.5 Å². The number of nitrogens with one attached hydrogen (secondary N) is 1. The summed E-state index contributed by atoms with van der Waals surface area (Å²) < 4.78 is 26.0. The van der Waals surface area contributed by atoms with Crippen molar-refractivity contribution in [3.8, 4) is 0 Å². The Morgan fingerprint density at radius 1 is 1.15 bits per heavy atom. The van der Waals surface area contributed by atoms with E-state index in [1.165, 1.54) is 11.1 Å². The zero-order valence-electron chi connectivity index (χ0n) is 18.8. The van der Waals surface area contributed by atoms with Gasteiger partial charge in [-0.2, -0.15) is 5.10 Å². The van der Waals surface area contributed by atoms with Gasteiger partial charge in [0.05, 0.1) is 40.2 Å². The number of carbonyl (C=O) groups excluding carboxylic acids is 1. The maximum Gasteiger partial charge on any atom is 0.252 e. The predicted molar refractivity (Wildman–Crippen MR) is 126 cm³/mol. The van der Waals surface area contributed by atoms with Crippen LogP contribution in [0.4, 0.5) is 0 Å². The van der Waals surface area contributed by atoms with E-state index in [1.54, 1.807) is 4.68 Å². The van der Waals surface area contributed by atoms with Crippen LogP contribution in [0.1, 0.15) is 83.0 Å². The Labute approximate surface area is 193 Å². The third kappa shape index (κ3) is 3.74. The van der Waals surface area contributed by atoms with Crippen molar-refractivity contribution in [3.63, 3.8) is 0 Å². The maximum absolute atomic E-state index is 13.6. The molecule has 2 atom stereocenters. The number of pyridine rings is 1. The summed E-state index contributed by atoms with van der Waals surface area (Å²) >= 11 is 0. The van der Waals surface area contributed by atoms with Crippen molar-refractivity contribution in [1.29, 1.82) is 0 Å². The summed E-state index contributed by atoms with van der Waals surface area (Å²) in [6.07, 6.45) is 5.69. The number of carbonyl (C=O) groups is 1. The van der Waals surface area contributed by atoms with Crippen molar-refractivity contribution in [2.45, 2.75) is 63.5 Å². The molecule has 2 aliphatic carbocycles. The minimum atomic E-state index is -3.06. The molecule has 0 bridgehead atoms. The normalized spacial score (nSPS) is 24.0. The summed E-state index contributed by atoms with van der Waals surface area (Å²) in [5, 5.41) is 8.72. The molecular formula is C25H28N4O3S. The highest BCUT2D eigenvalue weighted by Crippen LogP contribution is 2.41. The first kappa shape index (κ1) is 20.8. The fourth-order valence-electron chi connectivity index (χ4n) is 5.46. The average molecular weight is 465 g/mol. The number of sulfone groups is 1. The van der Waals surface area contributed by atoms with Gasteiger partial charge in [0.25, 0.3) is 5.91 Å². The molecule has 0 spiro atoms. The van der Waals surface area contributed by atoms with Crippen LogP contribution in [-0.4, -0.2) is 40.6 Å². The lowest BCUT2D eigenvalue weighted by atomic mass is 9.87. The lowest BCUT2D eigenvalue weighted by molar-refractivity contribution is 0.0934. The molecule has 0 radical (unpaired) electrons. The molecule has 1 saturated heterocycles. The van der Waals surface area contributed by atoms with E-state index in [9.17, 15) is 13.2 Å². The third-order valence-corrected chi connectivity index (χ3v) is 9.08. The van der Waals surface area contributed by atoms with Crippen LogP contribution in [0, 0.1) is 6.92 Å². The van der Waals surface area contributed by atoms with E-state index in [0.717, 1.165) is 48.9 Å². The highest BCUT2D eigenvalue weighted by molar-refractivity contribution is 7.91. The molecule has 1 aliphatic heterocycles. The Hall–Kier alpha value is -2.74. The van der Waals surface area contributed by atoms with Gasteiger partial charge in [-0.3, -0.25) is 4.79 Å². The van der Waals surface area contributed by atoms with E-state index in [4.69, 9.17) is 10.1 Å². The molecule has 8 heteroatoms. The second-order valence-corrected chi connectivity index (χ2v) is 12.0. The summed E-state index contributed by atoms with van der Waals surface area (Å²) in [5.74, 6) is 0.522. The molecule has 172 valence electrons. The number of rotatable bonds is 4. The molecule has 3 aromatic rings. The van der Waals surface area contributed by atoms with Crippen LogP contribution in [0.3, 0.4) is 0 Å². The van der Waals surface area contributed by atoms with Crippen LogP contribution in [0.15, 0.2) is 30.3 Å². The van der Waals surface area contributed by atoms with Gasteiger partial charge < -0.3 is 5.32 Å². The molecule has 1 saturated carbocycles. The molecule has 1 aromatic carbocycles. The lowest BCUT2D eigenvalue weighted by Crippen LogP contribution is -2.31. The molecule has 6 rings (SSSR count). The predicted octanol–water partition coefficient (Wildman–Crippen LogP) is 3.78. The van der Waals surface area contributed by atoms with Crippen molar-refractivity contribution >= 4 is 26.8 Å². The van der Waals surface area contributed by atoms with Crippen LogP contribution in [0.25, 0.3) is 11.0 Å². The monoisotopic (exact) mass is 464 g/mol. The fraction of sp³-hybridized carbons (Fsp3) is 0.480. The van der Waals surface area contributed by atoms with E-state index in [2.05, 4.69) is 23.5 Å². The standard InChI is InChI=1S/C25H28N4O3S/c1-15-23-20(25(30)27-21-8-4-6-16-5-2-3-7-19(16)21)13-22(17-9-10-17)26-24(23)29(28-15)18-11-12-33(31,32)14-18/h2-3,5,7,13,17-18,21H,4,6,8-12,14H2,1H3,(H,27,30). The number of hydrogen-bond donors (Lipinski definition) is 1. The van der Waals surface area contributed by atoms with Crippen molar-refractivity contribution in [3.05, 3.63) is 58.4 Å². The minimum Gasteiger partial charge on any atom is -0.345 e. The number of fused-ring (bicyclic) bond motifs is 2. The first-order valence-electron chi connectivity index (χ1n) is 11.9. The van der Waals surface area contributed by atoms with E-state index in [-0.39, 0.29) is 29.5 Å². The van der Waals surface area contributed by atoms with Crippen molar-refractivity contribution in [2.24, 2.45) is 0 Å². The third-order valence-electron chi connectivity index (χ3n) is 7.33. The Bertz CT molecular complexity index is 1370. The number of aromatic nitrogens is 3. The number of hydrogen-bond acceptors (Lipinski definition) is 5. The van der Waals surface area contributed by atoms with Crippen LogP contribution in [0.5, 0.6) is 0 Å². The molecule has 3 aliphatic rings. The SMILES string of the molecule is Cc1nn(C2CCS(=O)(=O)C2)c2nc(C3CC3)cc(C(=O)NC3CCCc4ccccc43)c12. The number of benzene rings is 1. The lowest BCUT2D eigenvalue weighted by Gasteiger charge is -2.26. The van der Waals surface area contributed by atoms with Gasteiger partial charge in [0.2, 0.25) is 0 Å². The zero-order chi connectivity index (χ0) is 22.7. The number of nitrogens with zero attached hydrogens (tertiary/aromatic N) is 3. The average Bonchev–Trinajstić information content (AvgIpc) is 3.52. The summed E-state index contributed by atoms with van der Waals surface area (Å²) in [5.41, 5.74) is 5.40. The Balaban J connectivity index is 1.41. The topological polar surface area (TPSA) is 93.9 Å². The van der Waals surface area contributed by atoms with Crippen LogP contribution in [-0.2, 0) is 16.3 Å². The van der Waals surface area contributed by atoms with Gasteiger partial charge >= 0.3 is 0 Å². The molecule has 7 nitrogen and oxygen atoms in total. The maximum atomic E-state index is 13.6. The van der Waals surface area contributed by atoms with Crippen molar-refractivity contribution in [1.82, 2.24) is 20.1 Å². The summed E-state index contributed by atoms with van der Waals surface area (Å²) in [6, 6.07) is 10.0. The van der Waals surface area contributed by atoms with E-state index >= 15 is 0 Å². The number of amides is 1. The van der Waals surface area contributed by atoms with Gasteiger partial charge in [0, 0.05) is 11.6 Å². The molecule has 2 aromatic heterocycles. The highest BCUT2D eigenvalue weighted by Gasteiger charge is 2.34. The van der Waals surface area contributed by atoms with Crippen LogP contribution < -0.4 is 5.32 Å². The van der Waals surface area contributed by atoms with Crippen LogP contribution >= 0.6 is 0 Å². The highest BCUT2D eigenvalue weighted by atomic mass is 32.2. The first-order valence-corrected chi connectivity index (χ1v) is 13.7. The van der Waals surface area contributed by atoms with E-state index < -0.39 is 9.84 Å². The smallest absolute Gasteiger partial charge is 0.252 e. The second kappa shape index (κ2) is 7.65. The Morgan fingerprint density at radius 3 is 2.73 bits per heavy atom.